The molecule has 2 aromatic carbocycles. The molecule has 128 valence electrons. The zero-order chi connectivity index (χ0) is 17.6. The Kier molecular flexibility index (Phi) is 5.11. The molecule has 6 nitrogen and oxygen atoms in total. The van der Waals surface area contributed by atoms with Gasteiger partial charge in [-0.2, -0.15) is 0 Å². The number of aromatic nitrogens is 1. The van der Waals surface area contributed by atoms with Crippen LogP contribution in [0.2, 0.25) is 0 Å². The molecule has 0 aliphatic rings. The monoisotopic (exact) mass is 336 g/mol. The van der Waals surface area contributed by atoms with Crippen molar-refractivity contribution in [1.29, 1.82) is 0 Å². The molecule has 1 heterocycles. The minimum Gasteiger partial charge on any atom is -0.446 e. The van der Waals surface area contributed by atoms with E-state index in [1.807, 2.05) is 48.5 Å². The Balaban J connectivity index is 1.60. The van der Waals surface area contributed by atoms with Crippen LogP contribution in [0, 0.1) is 0 Å². The van der Waals surface area contributed by atoms with Crippen molar-refractivity contribution in [3.63, 3.8) is 0 Å². The Labute approximate surface area is 145 Å². The molecule has 6 heteroatoms. The van der Waals surface area contributed by atoms with Crippen LogP contribution in [-0.2, 0) is 13.0 Å². The van der Waals surface area contributed by atoms with Crippen LogP contribution in [0.25, 0.3) is 0 Å². The number of nitrogen functional groups attached to an aromatic ring is 1. The molecule has 0 aliphatic heterocycles. The van der Waals surface area contributed by atoms with Crippen molar-refractivity contribution in [2.75, 3.05) is 5.73 Å². The van der Waals surface area contributed by atoms with E-state index in [-0.39, 0.29) is 11.6 Å². The summed E-state index contributed by atoms with van der Waals surface area (Å²) in [5, 5.41) is 2.78. The van der Waals surface area contributed by atoms with Crippen molar-refractivity contribution < 1.29 is 9.21 Å². The number of oxazole rings is 1. The van der Waals surface area contributed by atoms with Crippen molar-refractivity contribution in [1.82, 2.24) is 10.3 Å². The van der Waals surface area contributed by atoms with Crippen molar-refractivity contribution in [3.8, 4) is 0 Å². The van der Waals surface area contributed by atoms with Crippen LogP contribution < -0.4 is 16.8 Å². The SMILES string of the molecule is Nc1ccccc1CNC(=O)c1coc(C(N)Cc2ccccc2)n1. The second-order valence-electron chi connectivity index (χ2n) is 5.75. The van der Waals surface area contributed by atoms with Gasteiger partial charge >= 0.3 is 0 Å². The summed E-state index contributed by atoms with van der Waals surface area (Å²) in [6.45, 7) is 0.323. The maximum absolute atomic E-state index is 12.2. The van der Waals surface area contributed by atoms with Gasteiger partial charge in [0.25, 0.3) is 5.91 Å². The number of amides is 1. The summed E-state index contributed by atoms with van der Waals surface area (Å²) < 4.78 is 5.37. The molecule has 1 unspecified atom stereocenters. The molecule has 0 saturated carbocycles. The number of carbonyl (C=O) groups excluding carboxylic acids is 1. The highest BCUT2D eigenvalue weighted by atomic mass is 16.3. The van der Waals surface area contributed by atoms with Crippen molar-refractivity contribution in [2.45, 2.75) is 19.0 Å². The zero-order valence-electron chi connectivity index (χ0n) is 13.7. The molecule has 1 atom stereocenters. The van der Waals surface area contributed by atoms with Gasteiger partial charge in [0.15, 0.2) is 5.69 Å². The molecule has 3 rings (SSSR count). The van der Waals surface area contributed by atoms with Gasteiger partial charge in [0.2, 0.25) is 5.89 Å². The van der Waals surface area contributed by atoms with Crippen LogP contribution in [0.1, 0.15) is 33.5 Å². The van der Waals surface area contributed by atoms with E-state index in [2.05, 4.69) is 10.3 Å². The van der Waals surface area contributed by atoms with E-state index in [0.29, 0.717) is 24.5 Å². The van der Waals surface area contributed by atoms with Crippen LogP contribution in [0.3, 0.4) is 0 Å². The standard InChI is InChI=1S/C19H20N4O2/c20-15-9-5-4-8-14(15)11-22-18(24)17-12-25-19(23-17)16(21)10-13-6-2-1-3-7-13/h1-9,12,16H,10-11,20-21H2,(H,22,24). The number of para-hydroxylation sites is 1. The largest absolute Gasteiger partial charge is 0.446 e. The second-order valence-corrected chi connectivity index (χ2v) is 5.75. The average Bonchev–Trinajstić information content (AvgIpc) is 3.12. The topological polar surface area (TPSA) is 107 Å². The summed E-state index contributed by atoms with van der Waals surface area (Å²) in [6, 6.07) is 16.8. The lowest BCUT2D eigenvalue weighted by Crippen LogP contribution is -2.24. The Morgan fingerprint density at radius 1 is 1.12 bits per heavy atom. The van der Waals surface area contributed by atoms with Crippen LogP contribution >= 0.6 is 0 Å². The third-order valence-electron chi connectivity index (χ3n) is 3.86. The number of anilines is 1. The van der Waals surface area contributed by atoms with E-state index in [4.69, 9.17) is 15.9 Å². The minimum atomic E-state index is -0.409. The number of nitrogens with one attached hydrogen (secondary N) is 1. The van der Waals surface area contributed by atoms with E-state index >= 15 is 0 Å². The summed E-state index contributed by atoms with van der Waals surface area (Å²) in [6.07, 6.45) is 1.91. The van der Waals surface area contributed by atoms with Gasteiger partial charge in [0.05, 0.1) is 6.04 Å². The van der Waals surface area contributed by atoms with Crippen LogP contribution in [0.5, 0.6) is 0 Å². The highest BCUT2D eigenvalue weighted by Crippen LogP contribution is 2.16. The first-order chi connectivity index (χ1) is 12.1. The smallest absolute Gasteiger partial charge is 0.273 e. The summed E-state index contributed by atoms with van der Waals surface area (Å²) in [4.78, 5) is 16.4. The van der Waals surface area contributed by atoms with Gasteiger partial charge in [0.1, 0.15) is 6.26 Å². The van der Waals surface area contributed by atoms with E-state index in [1.54, 1.807) is 6.07 Å². The van der Waals surface area contributed by atoms with Gasteiger partial charge in [-0.15, -0.1) is 0 Å². The molecule has 0 radical (unpaired) electrons. The number of carbonyl (C=O) groups is 1. The number of hydrogen-bond donors (Lipinski definition) is 3. The fourth-order valence-electron chi connectivity index (χ4n) is 2.48. The summed E-state index contributed by atoms with van der Waals surface area (Å²) in [5.41, 5.74) is 14.7. The second kappa shape index (κ2) is 7.63. The summed E-state index contributed by atoms with van der Waals surface area (Å²) >= 11 is 0. The van der Waals surface area contributed by atoms with Gasteiger partial charge in [-0.05, 0) is 23.6 Å². The molecule has 0 bridgehead atoms. The highest BCUT2D eigenvalue weighted by molar-refractivity contribution is 5.91. The van der Waals surface area contributed by atoms with E-state index in [1.165, 1.54) is 6.26 Å². The normalized spacial score (nSPS) is 11.9. The van der Waals surface area contributed by atoms with Gasteiger partial charge in [0, 0.05) is 12.2 Å². The Morgan fingerprint density at radius 2 is 1.84 bits per heavy atom. The first-order valence-electron chi connectivity index (χ1n) is 8.00. The number of hydrogen-bond acceptors (Lipinski definition) is 5. The van der Waals surface area contributed by atoms with E-state index in [9.17, 15) is 4.79 Å². The number of nitrogens with two attached hydrogens (primary N) is 2. The molecule has 0 fully saturated rings. The fraction of sp³-hybridized carbons (Fsp3) is 0.158. The molecular weight excluding hydrogens is 316 g/mol. The fourth-order valence-corrected chi connectivity index (χ4v) is 2.48. The van der Waals surface area contributed by atoms with Gasteiger partial charge < -0.3 is 21.2 Å². The molecule has 25 heavy (non-hydrogen) atoms. The lowest BCUT2D eigenvalue weighted by atomic mass is 10.1. The number of nitrogens with zero attached hydrogens (tertiary/aromatic N) is 1. The predicted octanol–water partition coefficient (Wildman–Crippen LogP) is 2.43. The lowest BCUT2D eigenvalue weighted by molar-refractivity contribution is 0.0946. The Hall–Kier alpha value is -3.12. The quantitative estimate of drug-likeness (QED) is 0.599. The van der Waals surface area contributed by atoms with Crippen LogP contribution in [-0.4, -0.2) is 10.9 Å². The molecule has 3 aromatic rings. The molecular formula is C19H20N4O2. The van der Waals surface area contributed by atoms with Crippen molar-refractivity contribution >= 4 is 11.6 Å². The molecule has 1 aromatic heterocycles. The van der Waals surface area contributed by atoms with Gasteiger partial charge in [-0.3, -0.25) is 4.79 Å². The van der Waals surface area contributed by atoms with Crippen LogP contribution in [0.15, 0.2) is 65.3 Å². The summed E-state index contributed by atoms with van der Waals surface area (Å²) in [5.74, 6) is 0.0124. The summed E-state index contributed by atoms with van der Waals surface area (Å²) in [7, 11) is 0. The van der Waals surface area contributed by atoms with Crippen molar-refractivity contribution in [3.05, 3.63) is 83.6 Å². The molecule has 1 amide bonds. The molecule has 5 N–H and O–H groups in total. The predicted molar refractivity (Wildman–Crippen MR) is 95.6 cm³/mol. The number of rotatable bonds is 6. The van der Waals surface area contributed by atoms with Crippen molar-refractivity contribution in [2.24, 2.45) is 5.73 Å². The van der Waals surface area contributed by atoms with Gasteiger partial charge in [-0.25, -0.2) is 4.98 Å². The zero-order valence-corrected chi connectivity index (χ0v) is 13.7. The minimum absolute atomic E-state index is 0.202. The maximum atomic E-state index is 12.2. The van der Waals surface area contributed by atoms with E-state index < -0.39 is 6.04 Å². The Bertz CT molecular complexity index is 845. The van der Waals surface area contributed by atoms with Crippen LogP contribution in [0.4, 0.5) is 5.69 Å². The third kappa shape index (κ3) is 4.24. The van der Waals surface area contributed by atoms with E-state index in [0.717, 1.165) is 11.1 Å². The number of benzene rings is 2. The highest BCUT2D eigenvalue weighted by Gasteiger charge is 2.17. The Morgan fingerprint density at radius 3 is 2.60 bits per heavy atom. The van der Waals surface area contributed by atoms with Gasteiger partial charge in [-0.1, -0.05) is 48.5 Å². The molecule has 0 spiro atoms. The first kappa shape index (κ1) is 16.7. The molecule has 0 aliphatic carbocycles. The third-order valence-corrected chi connectivity index (χ3v) is 3.86. The maximum Gasteiger partial charge on any atom is 0.273 e. The molecule has 0 saturated heterocycles. The first-order valence-corrected chi connectivity index (χ1v) is 8.00. The average molecular weight is 336 g/mol. The lowest BCUT2D eigenvalue weighted by Gasteiger charge is -2.07.